The highest BCUT2D eigenvalue weighted by Crippen LogP contribution is 2.44. The zero-order valence-corrected chi connectivity index (χ0v) is 17.1. The molecule has 0 radical (unpaired) electrons. The number of aromatic amines is 1. The molecule has 0 bridgehead atoms. The lowest BCUT2D eigenvalue weighted by Crippen LogP contribution is -2.26. The van der Waals surface area contributed by atoms with Crippen molar-refractivity contribution in [1.82, 2.24) is 10.3 Å². The highest BCUT2D eigenvalue weighted by molar-refractivity contribution is 9.10. The first kappa shape index (κ1) is 19.2. The number of pyridine rings is 1. The van der Waals surface area contributed by atoms with Crippen LogP contribution in [0.4, 0.5) is 4.79 Å². The molecule has 6 heteroatoms. The van der Waals surface area contributed by atoms with Gasteiger partial charge < -0.3 is 15.0 Å². The minimum absolute atomic E-state index is 0.0314. The van der Waals surface area contributed by atoms with Crippen molar-refractivity contribution >= 4 is 28.1 Å². The van der Waals surface area contributed by atoms with Gasteiger partial charge in [-0.1, -0.05) is 60.7 Å². The lowest BCUT2D eigenvalue weighted by molar-refractivity contribution is 0.144. The molecule has 0 saturated carbocycles. The third-order valence-electron chi connectivity index (χ3n) is 4.90. The number of fused-ring (bicyclic) bond motifs is 3. The summed E-state index contributed by atoms with van der Waals surface area (Å²) < 4.78 is 6.25. The zero-order chi connectivity index (χ0) is 20.2. The number of H-pyrrole nitrogens is 1. The minimum atomic E-state index is -0.486. The molecular weight excluding hydrogens is 432 g/mol. The van der Waals surface area contributed by atoms with Gasteiger partial charge in [-0.3, -0.25) is 4.79 Å². The number of nitrogens with one attached hydrogen (secondary N) is 2. The molecule has 0 spiro atoms. The normalized spacial score (nSPS) is 12.6. The zero-order valence-electron chi connectivity index (χ0n) is 15.5. The van der Waals surface area contributed by atoms with E-state index in [1.165, 1.54) is 22.3 Å². The molecule has 146 valence electrons. The number of hydrogen-bond donors (Lipinski definition) is 2. The van der Waals surface area contributed by atoms with Gasteiger partial charge in [-0.25, -0.2) is 4.79 Å². The van der Waals surface area contributed by atoms with Gasteiger partial charge in [0.25, 0.3) is 5.56 Å². The summed E-state index contributed by atoms with van der Waals surface area (Å²) in [6.45, 7) is 0.539. The number of aromatic nitrogens is 1. The quantitative estimate of drug-likeness (QED) is 0.592. The van der Waals surface area contributed by atoms with Crippen LogP contribution in [0, 0.1) is 0 Å². The highest BCUT2D eigenvalue weighted by Gasteiger charge is 2.28. The fourth-order valence-electron chi connectivity index (χ4n) is 3.57. The van der Waals surface area contributed by atoms with E-state index < -0.39 is 6.09 Å². The molecule has 1 heterocycles. The number of hydrogen-bond acceptors (Lipinski definition) is 3. The van der Waals surface area contributed by atoms with Gasteiger partial charge >= 0.3 is 6.09 Å². The van der Waals surface area contributed by atoms with Crippen LogP contribution >= 0.6 is 15.9 Å². The van der Waals surface area contributed by atoms with E-state index in [1.807, 2.05) is 24.3 Å². The molecule has 0 saturated heterocycles. The van der Waals surface area contributed by atoms with Crippen LogP contribution in [0.15, 0.2) is 76.1 Å². The Morgan fingerprint density at radius 1 is 1.10 bits per heavy atom. The molecule has 29 heavy (non-hydrogen) atoms. The van der Waals surface area contributed by atoms with E-state index in [1.54, 1.807) is 24.4 Å². The molecule has 4 rings (SSSR count). The van der Waals surface area contributed by atoms with Crippen molar-refractivity contribution < 1.29 is 9.53 Å². The molecule has 0 aliphatic heterocycles. The van der Waals surface area contributed by atoms with E-state index in [0.717, 1.165) is 4.47 Å². The smallest absolute Gasteiger partial charge is 0.407 e. The summed E-state index contributed by atoms with van der Waals surface area (Å²) in [4.78, 5) is 26.4. The van der Waals surface area contributed by atoms with Crippen molar-refractivity contribution in [3.8, 4) is 11.1 Å². The van der Waals surface area contributed by atoms with Crippen LogP contribution < -0.4 is 10.9 Å². The molecule has 0 atom stereocenters. The number of carbonyl (C=O) groups excluding carboxylic acids is 1. The Kier molecular flexibility index (Phi) is 5.62. The van der Waals surface area contributed by atoms with Crippen molar-refractivity contribution in [2.24, 2.45) is 0 Å². The molecule has 1 amide bonds. The average Bonchev–Trinajstić information content (AvgIpc) is 3.06. The molecule has 2 aromatic carbocycles. The lowest BCUT2D eigenvalue weighted by atomic mass is 9.98. The molecule has 5 nitrogen and oxygen atoms in total. The first-order valence-corrected chi connectivity index (χ1v) is 10.1. The molecule has 1 aliphatic rings. The van der Waals surface area contributed by atoms with Crippen molar-refractivity contribution in [1.29, 1.82) is 0 Å². The summed E-state index contributed by atoms with van der Waals surface area (Å²) in [5, 5.41) is 2.69. The topological polar surface area (TPSA) is 71.2 Å². The monoisotopic (exact) mass is 450 g/mol. The van der Waals surface area contributed by atoms with Crippen molar-refractivity contribution in [3.63, 3.8) is 0 Å². The van der Waals surface area contributed by atoms with Gasteiger partial charge in [-0.2, -0.15) is 0 Å². The van der Waals surface area contributed by atoms with Crippen LogP contribution in [0.5, 0.6) is 0 Å². The van der Waals surface area contributed by atoms with Crippen molar-refractivity contribution in [2.45, 2.75) is 5.92 Å². The Hall–Kier alpha value is -3.12. The van der Waals surface area contributed by atoms with E-state index in [4.69, 9.17) is 4.74 Å². The molecule has 2 N–H and O–H groups in total. The predicted octanol–water partition coefficient (Wildman–Crippen LogP) is 4.69. The maximum Gasteiger partial charge on any atom is 0.407 e. The molecule has 0 unspecified atom stereocenters. The van der Waals surface area contributed by atoms with Gasteiger partial charge in [0.15, 0.2) is 0 Å². The number of halogens is 1. The highest BCUT2D eigenvalue weighted by atomic mass is 79.9. The standard InChI is InChI=1S/C23H19BrN2O3/c24-16-12-15(22(27)26-13-16)6-5-11-25-23(28)29-14-21-19-9-3-1-7-17(19)18-8-2-4-10-20(18)21/h1-10,12-13,21H,11,14H2,(H,25,28)(H,26,27). The van der Waals surface area contributed by atoms with E-state index >= 15 is 0 Å². The summed E-state index contributed by atoms with van der Waals surface area (Å²) in [5.41, 5.74) is 5.06. The number of ether oxygens (including phenoxy) is 1. The number of amides is 1. The third kappa shape index (κ3) is 4.17. The van der Waals surface area contributed by atoms with Crippen LogP contribution in [0.1, 0.15) is 22.6 Å². The predicted molar refractivity (Wildman–Crippen MR) is 117 cm³/mol. The van der Waals surface area contributed by atoms with Crippen molar-refractivity contribution in [3.05, 3.63) is 98.4 Å². The first-order valence-electron chi connectivity index (χ1n) is 9.27. The van der Waals surface area contributed by atoms with Gasteiger partial charge in [-0.15, -0.1) is 0 Å². The Morgan fingerprint density at radius 3 is 2.45 bits per heavy atom. The Labute approximate surface area is 176 Å². The van der Waals surface area contributed by atoms with Crippen LogP contribution in [-0.2, 0) is 4.74 Å². The number of carbonyl (C=O) groups is 1. The molecule has 0 fully saturated rings. The van der Waals surface area contributed by atoms with Gasteiger partial charge in [0.2, 0.25) is 0 Å². The fourth-order valence-corrected chi connectivity index (χ4v) is 3.94. The van der Waals surface area contributed by atoms with Crippen LogP contribution in [0.3, 0.4) is 0 Å². The SMILES string of the molecule is O=C(NCC=Cc1cc(Br)c[nH]c1=O)OCC1c2ccccc2-c2ccccc21. The molecule has 1 aliphatic carbocycles. The first-order chi connectivity index (χ1) is 14.1. The Morgan fingerprint density at radius 2 is 1.76 bits per heavy atom. The lowest BCUT2D eigenvalue weighted by Gasteiger charge is -2.14. The third-order valence-corrected chi connectivity index (χ3v) is 5.36. The van der Waals surface area contributed by atoms with Gasteiger partial charge in [0.1, 0.15) is 6.61 Å². The van der Waals surface area contributed by atoms with E-state index in [0.29, 0.717) is 5.56 Å². The molecule has 1 aromatic heterocycles. The second-order valence-corrected chi connectivity index (χ2v) is 7.63. The summed E-state index contributed by atoms with van der Waals surface area (Å²) in [5.74, 6) is 0.0314. The van der Waals surface area contributed by atoms with Crippen LogP contribution in [-0.4, -0.2) is 24.2 Å². The van der Waals surface area contributed by atoms with E-state index in [-0.39, 0.29) is 24.6 Å². The summed E-state index contributed by atoms with van der Waals surface area (Å²) in [6, 6.07) is 18.1. The van der Waals surface area contributed by atoms with Crippen LogP contribution in [0.2, 0.25) is 0 Å². The number of rotatable bonds is 5. The van der Waals surface area contributed by atoms with Crippen LogP contribution in [0.25, 0.3) is 17.2 Å². The summed E-state index contributed by atoms with van der Waals surface area (Å²) in [7, 11) is 0. The van der Waals surface area contributed by atoms with Gasteiger partial charge in [0, 0.05) is 28.7 Å². The second-order valence-electron chi connectivity index (χ2n) is 6.71. The van der Waals surface area contributed by atoms with Gasteiger partial charge in [0.05, 0.1) is 0 Å². The van der Waals surface area contributed by atoms with Crippen molar-refractivity contribution in [2.75, 3.05) is 13.2 Å². The average molecular weight is 451 g/mol. The Bertz CT molecular complexity index is 1090. The largest absolute Gasteiger partial charge is 0.449 e. The van der Waals surface area contributed by atoms with E-state index in [9.17, 15) is 9.59 Å². The maximum absolute atomic E-state index is 12.1. The molecular formula is C23H19BrN2O3. The number of benzene rings is 2. The minimum Gasteiger partial charge on any atom is -0.449 e. The second kappa shape index (κ2) is 8.49. The van der Waals surface area contributed by atoms with Gasteiger partial charge in [-0.05, 0) is 44.3 Å². The number of alkyl carbamates (subject to hydrolysis) is 1. The summed E-state index contributed by atoms with van der Waals surface area (Å²) >= 11 is 3.31. The summed E-state index contributed by atoms with van der Waals surface area (Å²) in [6.07, 6.45) is 4.46. The Balaban J connectivity index is 1.35. The molecule has 3 aromatic rings. The fraction of sp³-hybridized carbons (Fsp3) is 0.130. The maximum atomic E-state index is 12.1. The van der Waals surface area contributed by atoms with E-state index in [2.05, 4.69) is 50.5 Å².